The molecule has 0 bridgehead atoms. The molecule has 0 unspecified atom stereocenters. The van der Waals surface area contributed by atoms with Gasteiger partial charge in [-0.2, -0.15) is 5.26 Å². The van der Waals surface area contributed by atoms with Gasteiger partial charge in [-0.3, -0.25) is 4.90 Å². The number of hydrogen-bond acceptors (Lipinski definition) is 3. The molecule has 1 heterocycles. The van der Waals surface area contributed by atoms with Gasteiger partial charge in [-0.05, 0) is 6.92 Å². The summed E-state index contributed by atoms with van der Waals surface area (Å²) in [7, 11) is 0. The third-order valence-electron chi connectivity index (χ3n) is 2.15. The molecule has 0 aromatic carbocycles. The Hall–Kier alpha value is -0.590. The van der Waals surface area contributed by atoms with E-state index < -0.39 is 0 Å². The minimum Gasteiger partial charge on any atom is -0.314 e. The lowest BCUT2D eigenvalue weighted by molar-refractivity contribution is 0.177. The van der Waals surface area contributed by atoms with Crippen molar-refractivity contribution < 1.29 is 0 Å². The van der Waals surface area contributed by atoms with Gasteiger partial charge in [0.1, 0.15) is 0 Å². The molecule has 1 aliphatic heterocycles. The Morgan fingerprint density at radius 1 is 1.73 bits per heavy atom. The van der Waals surface area contributed by atoms with Crippen molar-refractivity contribution in [1.82, 2.24) is 10.2 Å². The first-order chi connectivity index (χ1) is 5.34. The molecule has 1 atom stereocenters. The molecule has 1 fully saturated rings. The van der Waals surface area contributed by atoms with Crippen LogP contribution in [0.1, 0.15) is 13.3 Å². The minimum atomic E-state index is 0.595. The molecule has 0 spiro atoms. The highest BCUT2D eigenvalue weighted by atomic mass is 15.2. The molecule has 1 rings (SSSR count). The summed E-state index contributed by atoms with van der Waals surface area (Å²) in [5, 5.41) is 11.7. The predicted molar refractivity (Wildman–Crippen MR) is 44.1 cm³/mol. The molecule has 0 aliphatic carbocycles. The number of piperazine rings is 1. The first-order valence-corrected chi connectivity index (χ1v) is 4.16. The fraction of sp³-hybridized carbons (Fsp3) is 0.875. The first-order valence-electron chi connectivity index (χ1n) is 4.16. The zero-order valence-corrected chi connectivity index (χ0v) is 7.01. The number of nitrogens with one attached hydrogen (secondary N) is 1. The Labute approximate surface area is 68.0 Å². The summed E-state index contributed by atoms with van der Waals surface area (Å²) in [4.78, 5) is 2.36. The number of nitriles is 1. The molecule has 0 saturated carbocycles. The smallest absolute Gasteiger partial charge is 0.0635 e. The van der Waals surface area contributed by atoms with E-state index in [0.717, 1.165) is 26.2 Å². The Morgan fingerprint density at radius 2 is 2.55 bits per heavy atom. The van der Waals surface area contributed by atoms with E-state index in [9.17, 15) is 0 Å². The molecule has 11 heavy (non-hydrogen) atoms. The lowest BCUT2D eigenvalue weighted by atomic mass is 10.2. The van der Waals surface area contributed by atoms with Crippen molar-refractivity contribution in [2.75, 3.05) is 26.2 Å². The largest absolute Gasteiger partial charge is 0.314 e. The van der Waals surface area contributed by atoms with E-state index in [-0.39, 0.29) is 0 Å². The van der Waals surface area contributed by atoms with Crippen molar-refractivity contribution in [2.45, 2.75) is 19.4 Å². The van der Waals surface area contributed by atoms with Gasteiger partial charge in [0.15, 0.2) is 0 Å². The van der Waals surface area contributed by atoms with Crippen molar-refractivity contribution in [1.29, 1.82) is 5.26 Å². The average molecular weight is 153 g/mol. The summed E-state index contributed by atoms with van der Waals surface area (Å²) in [5.74, 6) is 0. The summed E-state index contributed by atoms with van der Waals surface area (Å²) >= 11 is 0. The molecule has 1 saturated heterocycles. The zero-order valence-electron chi connectivity index (χ0n) is 7.01. The highest BCUT2D eigenvalue weighted by Gasteiger charge is 2.16. The van der Waals surface area contributed by atoms with Crippen molar-refractivity contribution >= 4 is 0 Å². The quantitative estimate of drug-likeness (QED) is 0.615. The van der Waals surface area contributed by atoms with Crippen molar-refractivity contribution in [3.63, 3.8) is 0 Å². The lowest BCUT2D eigenvalue weighted by Crippen LogP contribution is -2.49. The van der Waals surface area contributed by atoms with Gasteiger partial charge in [0.2, 0.25) is 0 Å². The second-order valence-electron chi connectivity index (χ2n) is 3.00. The Kier molecular flexibility index (Phi) is 3.34. The van der Waals surface area contributed by atoms with Crippen LogP contribution in [0.25, 0.3) is 0 Å². The highest BCUT2D eigenvalue weighted by molar-refractivity contribution is 4.79. The van der Waals surface area contributed by atoms with Gasteiger partial charge in [-0.25, -0.2) is 0 Å². The normalized spacial score (nSPS) is 26.4. The van der Waals surface area contributed by atoms with Crippen LogP contribution in [0, 0.1) is 11.3 Å². The average Bonchev–Trinajstić information content (AvgIpc) is 2.03. The van der Waals surface area contributed by atoms with Gasteiger partial charge in [0, 0.05) is 38.6 Å². The number of nitrogens with zero attached hydrogens (tertiary/aromatic N) is 2. The van der Waals surface area contributed by atoms with Crippen molar-refractivity contribution in [2.24, 2.45) is 0 Å². The molecule has 0 aromatic rings. The second kappa shape index (κ2) is 4.32. The number of hydrogen-bond donors (Lipinski definition) is 1. The molecule has 3 heteroatoms. The molecular formula is C8H15N3. The van der Waals surface area contributed by atoms with Gasteiger partial charge in [0.25, 0.3) is 0 Å². The number of rotatable bonds is 2. The lowest BCUT2D eigenvalue weighted by Gasteiger charge is -2.33. The van der Waals surface area contributed by atoms with Crippen LogP contribution < -0.4 is 5.32 Å². The van der Waals surface area contributed by atoms with E-state index >= 15 is 0 Å². The van der Waals surface area contributed by atoms with E-state index in [1.807, 2.05) is 0 Å². The summed E-state index contributed by atoms with van der Waals surface area (Å²) in [6, 6.07) is 2.77. The first kappa shape index (κ1) is 8.51. The van der Waals surface area contributed by atoms with Gasteiger partial charge in [0.05, 0.1) is 6.07 Å². The van der Waals surface area contributed by atoms with Crippen LogP contribution in [-0.2, 0) is 0 Å². The van der Waals surface area contributed by atoms with E-state index in [1.54, 1.807) is 0 Å². The third kappa shape index (κ3) is 2.49. The van der Waals surface area contributed by atoms with E-state index in [1.165, 1.54) is 0 Å². The molecule has 1 aliphatic rings. The van der Waals surface area contributed by atoms with Crippen molar-refractivity contribution in [3.8, 4) is 6.07 Å². The second-order valence-corrected chi connectivity index (χ2v) is 3.00. The summed E-state index contributed by atoms with van der Waals surface area (Å²) in [6.07, 6.45) is 0.657. The van der Waals surface area contributed by atoms with Gasteiger partial charge < -0.3 is 5.32 Å². The molecule has 0 amide bonds. The summed E-state index contributed by atoms with van der Waals surface area (Å²) in [6.45, 7) is 6.34. The maximum Gasteiger partial charge on any atom is 0.0635 e. The summed E-state index contributed by atoms with van der Waals surface area (Å²) < 4.78 is 0. The highest BCUT2D eigenvalue weighted by Crippen LogP contribution is 2.01. The monoisotopic (exact) mass is 153 g/mol. The fourth-order valence-corrected chi connectivity index (χ4v) is 1.41. The molecule has 62 valence electrons. The fourth-order valence-electron chi connectivity index (χ4n) is 1.41. The van der Waals surface area contributed by atoms with Crippen LogP contribution in [0.4, 0.5) is 0 Å². The maximum absolute atomic E-state index is 8.39. The van der Waals surface area contributed by atoms with Crippen LogP contribution in [-0.4, -0.2) is 37.1 Å². The van der Waals surface area contributed by atoms with Crippen LogP contribution in [0.5, 0.6) is 0 Å². The molecule has 0 aromatic heterocycles. The SMILES string of the molecule is C[C@H]1CNCCN1CCC#N. The Bertz CT molecular complexity index is 150. The summed E-state index contributed by atoms with van der Waals surface area (Å²) in [5.41, 5.74) is 0. The van der Waals surface area contributed by atoms with Gasteiger partial charge in [-0.15, -0.1) is 0 Å². The predicted octanol–water partition coefficient (Wildman–Crippen LogP) is 0.194. The molecule has 1 N–H and O–H groups in total. The minimum absolute atomic E-state index is 0.595. The van der Waals surface area contributed by atoms with Gasteiger partial charge >= 0.3 is 0 Å². The van der Waals surface area contributed by atoms with Crippen molar-refractivity contribution in [3.05, 3.63) is 0 Å². The Balaban J connectivity index is 2.25. The molecular weight excluding hydrogens is 138 g/mol. The zero-order chi connectivity index (χ0) is 8.10. The van der Waals surface area contributed by atoms with Crippen LogP contribution >= 0.6 is 0 Å². The van der Waals surface area contributed by atoms with Crippen LogP contribution in [0.3, 0.4) is 0 Å². The van der Waals surface area contributed by atoms with E-state index in [0.29, 0.717) is 12.5 Å². The maximum atomic E-state index is 8.39. The van der Waals surface area contributed by atoms with E-state index in [4.69, 9.17) is 5.26 Å². The third-order valence-corrected chi connectivity index (χ3v) is 2.15. The van der Waals surface area contributed by atoms with Gasteiger partial charge in [-0.1, -0.05) is 0 Å². The van der Waals surface area contributed by atoms with Crippen LogP contribution in [0.15, 0.2) is 0 Å². The topological polar surface area (TPSA) is 39.1 Å². The molecule has 3 nitrogen and oxygen atoms in total. The Morgan fingerprint density at radius 3 is 3.18 bits per heavy atom. The standard InChI is InChI=1S/C8H15N3/c1-8-7-10-4-6-11(8)5-2-3-9/h8,10H,2,4-7H2,1H3/t8-/m0/s1. The van der Waals surface area contributed by atoms with Crippen LogP contribution in [0.2, 0.25) is 0 Å². The van der Waals surface area contributed by atoms with E-state index in [2.05, 4.69) is 23.2 Å². The molecule has 0 radical (unpaired) electrons.